The molecule has 1 aliphatic heterocycles. The minimum atomic E-state index is -3.06. The van der Waals surface area contributed by atoms with Crippen LogP contribution in [0.2, 0.25) is 5.02 Å². The van der Waals surface area contributed by atoms with Gasteiger partial charge in [-0.25, -0.2) is 13.0 Å². The minimum Gasteiger partial charge on any atom is -0.494 e. The summed E-state index contributed by atoms with van der Waals surface area (Å²) in [4.78, 5) is 17.4. The van der Waals surface area contributed by atoms with E-state index in [0.29, 0.717) is 33.5 Å². The average molecular weight is 417 g/mol. The molecule has 0 spiro atoms. The van der Waals surface area contributed by atoms with Crippen molar-refractivity contribution in [2.24, 2.45) is 4.99 Å². The lowest BCUT2D eigenvalue weighted by Crippen LogP contribution is -2.20. The SMILES string of the molecule is O=c1c2ccccc2c(C=N[C@H]2CCS(=O)(=O)C2)c(O)n1-c1cccc(Cl)c1. The van der Waals surface area contributed by atoms with Crippen molar-refractivity contribution in [1.82, 2.24) is 4.57 Å². The van der Waals surface area contributed by atoms with Gasteiger partial charge in [0.25, 0.3) is 5.56 Å². The Morgan fingerprint density at radius 1 is 1.14 bits per heavy atom. The van der Waals surface area contributed by atoms with Crippen molar-refractivity contribution in [2.75, 3.05) is 11.5 Å². The van der Waals surface area contributed by atoms with E-state index in [1.165, 1.54) is 10.8 Å². The van der Waals surface area contributed by atoms with Gasteiger partial charge in [-0.15, -0.1) is 0 Å². The second-order valence-electron chi connectivity index (χ2n) is 6.74. The maximum Gasteiger partial charge on any atom is 0.265 e. The molecule has 0 unspecified atom stereocenters. The lowest BCUT2D eigenvalue weighted by atomic mass is 10.1. The molecule has 28 heavy (non-hydrogen) atoms. The van der Waals surface area contributed by atoms with Gasteiger partial charge in [0.15, 0.2) is 9.84 Å². The zero-order valence-corrected chi connectivity index (χ0v) is 16.3. The van der Waals surface area contributed by atoms with Crippen LogP contribution >= 0.6 is 11.6 Å². The van der Waals surface area contributed by atoms with Crippen LogP contribution in [0.5, 0.6) is 5.88 Å². The molecule has 0 aliphatic carbocycles. The number of sulfone groups is 1. The van der Waals surface area contributed by atoms with E-state index in [1.807, 2.05) is 0 Å². The molecule has 1 aromatic heterocycles. The summed E-state index contributed by atoms with van der Waals surface area (Å²) >= 11 is 6.05. The van der Waals surface area contributed by atoms with Crippen molar-refractivity contribution < 1.29 is 13.5 Å². The molecule has 2 aromatic carbocycles. The summed E-state index contributed by atoms with van der Waals surface area (Å²) in [5.74, 6) is -0.157. The van der Waals surface area contributed by atoms with Crippen LogP contribution in [0, 0.1) is 0 Å². The predicted octanol–water partition coefficient (Wildman–Crippen LogP) is 2.96. The van der Waals surface area contributed by atoms with E-state index in [2.05, 4.69) is 4.99 Å². The van der Waals surface area contributed by atoms with Gasteiger partial charge < -0.3 is 5.11 Å². The minimum absolute atomic E-state index is 0.00384. The maximum absolute atomic E-state index is 13.0. The number of benzene rings is 2. The Kier molecular flexibility index (Phi) is 4.72. The van der Waals surface area contributed by atoms with E-state index in [0.717, 1.165) is 0 Å². The van der Waals surface area contributed by atoms with E-state index >= 15 is 0 Å². The van der Waals surface area contributed by atoms with Gasteiger partial charge in [-0.3, -0.25) is 9.79 Å². The maximum atomic E-state index is 13.0. The van der Waals surface area contributed by atoms with Crippen molar-refractivity contribution in [3.8, 4) is 11.6 Å². The highest BCUT2D eigenvalue weighted by molar-refractivity contribution is 7.91. The summed E-state index contributed by atoms with van der Waals surface area (Å²) < 4.78 is 24.5. The van der Waals surface area contributed by atoms with Crippen molar-refractivity contribution >= 4 is 38.4 Å². The lowest BCUT2D eigenvalue weighted by molar-refractivity contribution is 0.436. The van der Waals surface area contributed by atoms with Gasteiger partial charge in [0.2, 0.25) is 5.88 Å². The number of pyridine rings is 1. The summed E-state index contributed by atoms with van der Waals surface area (Å²) in [5, 5.41) is 12.3. The van der Waals surface area contributed by atoms with E-state index in [1.54, 1.807) is 48.5 Å². The molecular weight excluding hydrogens is 400 g/mol. The number of hydrogen-bond acceptors (Lipinski definition) is 5. The first-order valence-electron chi connectivity index (χ1n) is 8.72. The Labute approximate surface area is 166 Å². The van der Waals surface area contributed by atoms with Gasteiger partial charge in [0.1, 0.15) is 0 Å². The molecule has 0 amide bonds. The normalized spacial score (nSPS) is 18.8. The highest BCUT2D eigenvalue weighted by Gasteiger charge is 2.27. The van der Waals surface area contributed by atoms with Crippen molar-refractivity contribution in [3.05, 3.63) is 69.5 Å². The highest BCUT2D eigenvalue weighted by atomic mass is 35.5. The monoisotopic (exact) mass is 416 g/mol. The smallest absolute Gasteiger partial charge is 0.265 e. The van der Waals surface area contributed by atoms with Crippen LogP contribution < -0.4 is 5.56 Å². The number of hydrogen-bond donors (Lipinski definition) is 1. The predicted molar refractivity (Wildman–Crippen MR) is 111 cm³/mol. The molecule has 3 aromatic rings. The van der Waals surface area contributed by atoms with Crippen molar-refractivity contribution in [3.63, 3.8) is 0 Å². The molecule has 1 atom stereocenters. The summed E-state index contributed by atoms with van der Waals surface area (Å²) in [6.07, 6.45) is 1.91. The van der Waals surface area contributed by atoms with Crippen LogP contribution in [0.25, 0.3) is 16.5 Å². The van der Waals surface area contributed by atoms with Crippen LogP contribution in [-0.4, -0.2) is 41.9 Å². The molecule has 1 N–H and O–H groups in total. The third kappa shape index (κ3) is 3.43. The van der Waals surface area contributed by atoms with E-state index in [-0.39, 0.29) is 29.0 Å². The fraction of sp³-hybridized carbons (Fsp3) is 0.200. The third-order valence-electron chi connectivity index (χ3n) is 4.79. The number of fused-ring (bicyclic) bond motifs is 1. The molecule has 8 heteroatoms. The summed E-state index contributed by atoms with van der Waals surface area (Å²) in [6, 6.07) is 13.2. The quantitative estimate of drug-likeness (QED) is 0.665. The van der Waals surface area contributed by atoms with Crippen LogP contribution in [-0.2, 0) is 9.84 Å². The molecule has 4 rings (SSSR count). The fourth-order valence-corrected chi connectivity index (χ4v) is 5.24. The molecule has 1 saturated heterocycles. The summed E-state index contributed by atoms with van der Waals surface area (Å²) in [5.41, 5.74) is 0.411. The highest BCUT2D eigenvalue weighted by Crippen LogP contribution is 2.27. The number of rotatable bonds is 3. The second kappa shape index (κ2) is 7.07. The van der Waals surface area contributed by atoms with Gasteiger partial charge in [-0.2, -0.15) is 0 Å². The number of aromatic hydroxyl groups is 1. The van der Waals surface area contributed by atoms with Crippen molar-refractivity contribution in [2.45, 2.75) is 12.5 Å². The van der Waals surface area contributed by atoms with Gasteiger partial charge in [0, 0.05) is 22.0 Å². The van der Waals surface area contributed by atoms with E-state index in [9.17, 15) is 18.3 Å². The Hall–Kier alpha value is -2.64. The molecule has 6 nitrogen and oxygen atoms in total. The fourth-order valence-electron chi connectivity index (χ4n) is 3.42. The van der Waals surface area contributed by atoms with Gasteiger partial charge in [0.05, 0.1) is 28.8 Å². The molecule has 0 radical (unpaired) electrons. The standard InChI is InChI=1S/C20H17ClN2O4S/c21-13-4-3-5-15(10-13)23-19(24)17-7-2-1-6-16(17)18(20(23)25)11-22-14-8-9-28(26,27)12-14/h1-7,10-11,14,25H,8-9,12H2/t14-/m0/s1. The molecule has 144 valence electrons. The Morgan fingerprint density at radius 2 is 1.89 bits per heavy atom. The van der Waals surface area contributed by atoms with E-state index < -0.39 is 9.84 Å². The van der Waals surface area contributed by atoms with Crippen LogP contribution in [0.15, 0.2) is 58.3 Å². The third-order valence-corrected chi connectivity index (χ3v) is 6.78. The number of halogens is 1. The largest absolute Gasteiger partial charge is 0.494 e. The van der Waals surface area contributed by atoms with Crippen LogP contribution in [0.4, 0.5) is 0 Å². The van der Waals surface area contributed by atoms with Gasteiger partial charge in [-0.1, -0.05) is 35.9 Å². The average Bonchev–Trinajstić information content (AvgIpc) is 3.01. The molecule has 1 aliphatic rings. The number of nitrogens with zero attached hydrogens (tertiary/aromatic N) is 2. The molecule has 2 heterocycles. The molecule has 0 saturated carbocycles. The molecule has 1 fully saturated rings. The zero-order valence-electron chi connectivity index (χ0n) is 14.7. The first kappa shape index (κ1) is 18.7. The summed E-state index contributed by atoms with van der Waals surface area (Å²) in [7, 11) is -3.06. The number of aliphatic imine (C=N–C) groups is 1. The van der Waals surface area contributed by atoms with Crippen LogP contribution in [0.3, 0.4) is 0 Å². The summed E-state index contributed by atoms with van der Waals surface area (Å²) in [6.45, 7) is 0. The molecule has 0 bridgehead atoms. The Balaban J connectivity index is 1.92. The first-order valence-corrected chi connectivity index (χ1v) is 10.9. The van der Waals surface area contributed by atoms with Gasteiger partial charge >= 0.3 is 0 Å². The topological polar surface area (TPSA) is 88.7 Å². The van der Waals surface area contributed by atoms with E-state index in [4.69, 9.17) is 11.6 Å². The number of aromatic nitrogens is 1. The Bertz CT molecular complexity index is 1260. The zero-order chi connectivity index (χ0) is 19.9. The first-order chi connectivity index (χ1) is 13.4. The van der Waals surface area contributed by atoms with Crippen LogP contribution in [0.1, 0.15) is 12.0 Å². The second-order valence-corrected chi connectivity index (χ2v) is 9.40. The molecular formula is C20H17ClN2O4S. The van der Waals surface area contributed by atoms with Crippen molar-refractivity contribution in [1.29, 1.82) is 0 Å². The Morgan fingerprint density at radius 3 is 2.57 bits per heavy atom. The van der Waals surface area contributed by atoms with Gasteiger partial charge in [-0.05, 0) is 30.7 Å². The lowest BCUT2D eigenvalue weighted by Gasteiger charge is -2.14.